The van der Waals surface area contributed by atoms with Crippen LogP contribution >= 0.6 is 0 Å². The third-order valence-corrected chi connectivity index (χ3v) is 5.23. The van der Waals surface area contributed by atoms with E-state index in [1.165, 1.54) is 48.6 Å². The van der Waals surface area contributed by atoms with Crippen molar-refractivity contribution < 1.29 is 32.2 Å². The second-order valence-corrected chi connectivity index (χ2v) is 8.03. The number of aliphatic imine (C=N–C) groups is 2. The number of nitrogens with zero attached hydrogens (tertiary/aromatic N) is 5. The van der Waals surface area contributed by atoms with Crippen LogP contribution in [0.25, 0.3) is 0 Å². The number of amides is 1. The van der Waals surface area contributed by atoms with Gasteiger partial charge in [0.25, 0.3) is 5.91 Å². The van der Waals surface area contributed by atoms with Crippen LogP contribution in [0.15, 0.2) is 65.1 Å². The molecule has 1 aromatic heterocycles. The Balaban J connectivity index is 1.70. The van der Waals surface area contributed by atoms with Crippen LogP contribution in [0.2, 0.25) is 0 Å². The maximum absolute atomic E-state index is 13.4. The largest absolute Gasteiger partial charge is 0.443 e. The molecular weight excluding hydrogens is 484 g/mol. The molecule has 3 rings (SSSR count). The zero-order valence-electron chi connectivity index (χ0n) is 19.3. The number of alkyl halides is 3. The number of piperidine rings is 1. The molecule has 0 atom stereocenters. The minimum absolute atomic E-state index is 0.0774. The summed E-state index contributed by atoms with van der Waals surface area (Å²) < 4.78 is 58.2. The van der Waals surface area contributed by atoms with Crippen LogP contribution in [0.5, 0.6) is 5.75 Å². The summed E-state index contributed by atoms with van der Waals surface area (Å²) in [5.41, 5.74) is -2.59. The Morgan fingerprint density at radius 1 is 1.28 bits per heavy atom. The highest BCUT2D eigenvalue weighted by Gasteiger charge is 2.36. The van der Waals surface area contributed by atoms with Gasteiger partial charge in [-0.3, -0.25) is 9.78 Å². The van der Waals surface area contributed by atoms with Crippen LogP contribution in [0.3, 0.4) is 0 Å². The van der Waals surface area contributed by atoms with Crippen molar-refractivity contribution in [2.45, 2.75) is 31.5 Å². The lowest BCUT2D eigenvalue weighted by molar-refractivity contribution is -0.0921. The van der Waals surface area contributed by atoms with Gasteiger partial charge in [0.05, 0.1) is 11.8 Å². The first-order valence-electron chi connectivity index (χ1n) is 10.8. The molecule has 0 saturated carbocycles. The lowest BCUT2D eigenvalue weighted by Crippen LogP contribution is -2.52. The van der Waals surface area contributed by atoms with Crippen molar-refractivity contribution >= 4 is 17.8 Å². The summed E-state index contributed by atoms with van der Waals surface area (Å²) in [5, 5.41) is 13.5. The number of likely N-dealkylation sites (tertiary alicyclic amines) is 1. The second-order valence-electron chi connectivity index (χ2n) is 8.03. The monoisotopic (exact) mass is 508 g/mol. The molecule has 1 fully saturated rings. The minimum atomic E-state index is -4.78. The highest BCUT2D eigenvalue weighted by atomic mass is 19.4. The van der Waals surface area contributed by atoms with E-state index < -0.39 is 29.2 Å². The van der Waals surface area contributed by atoms with Crippen LogP contribution in [-0.2, 0) is 0 Å². The van der Waals surface area contributed by atoms with Crippen molar-refractivity contribution in [3.63, 3.8) is 0 Å². The molecule has 0 aliphatic carbocycles. The fraction of sp³-hybridized carbons (Fsp3) is 0.348. The molecule has 2 heterocycles. The molecule has 192 valence electrons. The SMILES string of the molecule is C=C(/N=C(\N=C(/C)Oc1cccc(F)c1)N1CCC(O)(CNC(=O)c2cnccn2)CC1)C(F)(F)F. The van der Waals surface area contributed by atoms with Gasteiger partial charge in [0.2, 0.25) is 5.96 Å². The Bertz CT molecular complexity index is 1150. The van der Waals surface area contributed by atoms with E-state index >= 15 is 0 Å². The van der Waals surface area contributed by atoms with Gasteiger partial charge in [-0.15, -0.1) is 0 Å². The maximum atomic E-state index is 13.4. The van der Waals surface area contributed by atoms with E-state index in [2.05, 4.69) is 31.8 Å². The molecule has 1 saturated heterocycles. The van der Waals surface area contributed by atoms with Crippen molar-refractivity contribution in [1.29, 1.82) is 0 Å². The first-order chi connectivity index (χ1) is 16.9. The number of rotatable bonds is 5. The number of guanidine groups is 1. The summed E-state index contributed by atoms with van der Waals surface area (Å²) in [6, 6.07) is 5.18. The molecule has 0 bridgehead atoms. The zero-order valence-corrected chi connectivity index (χ0v) is 19.3. The number of allylic oxidation sites excluding steroid dienone is 1. The van der Waals surface area contributed by atoms with Gasteiger partial charge in [-0.1, -0.05) is 12.6 Å². The van der Waals surface area contributed by atoms with Gasteiger partial charge < -0.3 is 20.1 Å². The van der Waals surface area contributed by atoms with Crippen molar-refractivity contribution in [1.82, 2.24) is 20.2 Å². The van der Waals surface area contributed by atoms with Gasteiger partial charge in [0.1, 0.15) is 23.0 Å². The van der Waals surface area contributed by atoms with Crippen LogP contribution < -0.4 is 10.1 Å². The van der Waals surface area contributed by atoms with Crippen molar-refractivity contribution in [3.8, 4) is 5.75 Å². The average Bonchev–Trinajstić information content (AvgIpc) is 2.82. The molecule has 13 heteroatoms. The third kappa shape index (κ3) is 7.57. The quantitative estimate of drug-likeness (QED) is 0.365. The Morgan fingerprint density at radius 2 is 2.00 bits per heavy atom. The van der Waals surface area contributed by atoms with E-state index in [4.69, 9.17) is 4.74 Å². The number of nitrogens with one attached hydrogen (secondary N) is 1. The fourth-order valence-electron chi connectivity index (χ4n) is 3.27. The Hall–Kier alpha value is -3.87. The van der Waals surface area contributed by atoms with E-state index in [1.807, 2.05) is 0 Å². The topological polar surface area (TPSA) is 112 Å². The number of ether oxygens (including phenoxy) is 1. The van der Waals surface area contributed by atoms with Gasteiger partial charge in [0, 0.05) is 45.0 Å². The fourth-order valence-corrected chi connectivity index (χ4v) is 3.27. The molecule has 1 aromatic carbocycles. The third-order valence-electron chi connectivity index (χ3n) is 5.23. The molecule has 0 radical (unpaired) electrons. The smallest absolute Gasteiger partial charge is 0.432 e. The number of carbonyl (C=O) groups excluding carboxylic acids is 1. The van der Waals surface area contributed by atoms with E-state index in [1.54, 1.807) is 0 Å². The number of benzene rings is 1. The number of aromatic nitrogens is 2. The number of hydrogen-bond acceptors (Lipinski definition) is 6. The summed E-state index contributed by atoms with van der Waals surface area (Å²) in [5.74, 6) is -1.36. The van der Waals surface area contributed by atoms with Gasteiger partial charge >= 0.3 is 6.18 Å². The highest BCUT2D eigenvalue weighted by molar-refractivity contribution is 5.94. The molecule has 2 aromatic rings. The predicted octanol–water partition coefficient (Wildman–Crippen LogP) is 3.10. The molecule has 0 unspecified atom stereocenters. The normalized spacial score (nSPS) is 16.4. The van der Waals surface area contributed by atoms with Crippen LogP contribution in [0.4, 0.5) is 17.6 Å². The zero-order chi connectivity index (χ0) is 26.3. The molecular formula is C23H24F4N6O3. The molecule has 1 amide bonds. The number of hydrogen-bond donors (Lipinski definition) is 2. The van der Waals surface area contributed by atoms with E-state index in [9.17, 15) is 27.5 Å². The number of aliphatic hydroxyl groups is 1. The van der Waals surface area contributed by atoms with Crippen LogP contribution in [0.1, 0.15) is 30.3 Å². The minimum Gasteiger partial charge on any atom is -0.443 e. The standard InChI is InChI=1S/C23H24F4N6O3/c1-15(23(25,26)27)31-21(32-16(2)36-18-5-3-4-17(24)12-18)33-10-6-22(35,7-11-33)14-30-20(34)19-13-28-8-9-29-19/h3-5,8-9,12-13,35H,1,6-7,10-11,14H2,2H3,(H,30,34)/b31-21+,32-16+. The lowest BCUT2D eigenvalue weighted by atomic mass is 9.91. The molecule has 1 aliphatic rings. The second kappa shape index (κ2) is 11.2. The predicted molar refractivity (Wildman–Crippen MR) is 123 cm³/mol. The van der Waals surface area contributed by atoms with Crippen LogP contribution in [0, 0.1) is 5.82 Å². The van der Waals surface area contributed by atoms with Gasteiger partial charge in [-0.2, -0.15) is 18.2 Å². The van der Waals surface area contributed by atoms with Crippen molar-refractivity contribution in [2.24, 2.45) is 9.98 Å². The molecule has 2 N–H and O–H groups in total. The van der Waals surface area contributed by atoms with Crippen molar-refractivity contribution in [2.75, 3.05) is 19.6 Å². The van der Waals surface area contributed by atoms with Crippen LogP contribution in [-0.4, -0.2) is 69.2 Å². The highest BCUT2D eigenvalue weighted by Crippen LogP contribution is 2.27. The summed E-state index contributed by atoms with van der Waals surface area (Å²) >= 11 is 0. The average molecular weight is 508 g/mol. The summed E-state index contributed by atoms with van der Waals surface area (Å²) in [6.45, 7) is 4.42. The van der Waals surface area contributed by atoms with E-state index in [-0.39, 0.29) is 55.8 Å². The summed E-state index contributed by atoms with van der Waals surface area (Å²) in [7, 11) is 0. The Labute approximate surface area is 204 Å². The van der Waals surface area contributed by atoms with Crippen molar-refractivity contribution in [3.05, 3.63) is 66.6 Å². The lowest BCUT2D eigenvalue weighted by Gasteiger charge is -2.38. The number of carbonyl (C=O) groups is 1. The van der Waals surface area contributed by atoms with E-state index in [0.717, 1.165) is 6.07 Å². The summed E-state index contributed by atoms with van der Waals surface area (Å²) in [4.78, 5) is 28.9. The maximum Gasteiger partial charge on any atom is 0.432 e. The molecule has 0 spiro atoms. The first-order valence-corrected chi connectivity index (χ1v) is 10.8. The Kier molecular flexibility index (Phi) is 8.35. The van der Waals surface area contributed by atoms with Gasteiger partial charge in [-0.05, 0) is 25.0 Å². The van der Waals surface area contributed by atoms with Gasteiger partial charge in [-0.25, -0.2) is 14.4 Å². The molecule has 36 heavy (non-hydrogen) atoms. The molecule has 1 aliphatic heterocycles. The molecule has 9 nitrogen and oxygen atoms in total. The first kappa shape index (κ1) is 26.7. The van der Waals surface area contributed by atoms with Gasteiger partial charge in [0.15, 0.2) is 5.90 Å². The van der Waals surface area contributed by atoms with E-state index in [0.29, 0.717) is 0 Å². The Morgan fingerprint density at radius 3 is 2.61 bits per heavy atom. The summed E-state index contributed by atoms with van der Waals surface area (Å²) in [6.07, 6.45) is -0.517. The number of halogens is 4.